The number of carbonyl (C=O) groups is 1. The molecular weight excluding hydrogens is 260 g/mol. The van der Waals surface area contributed by atoms with E-state index in [2.05, 4.69) is 12.7 Å². The molecule has 0 aromatic rings. The Morgan fingerprint density at radius 2 is 2.21 bits per heavy atom. The molecule has 4 heteroatoms. The van der Waals surface area contributed by atoms with E-state index in [0.29, 0.717) is 5.75 Å². The average molecular weight is 282 g/mol. The smallest absolute Gasteiger partial charge is 0.202 e. The maximum atomic E-state index is 13.0. The van der Waals surface area contributed by atoms with Crippen LogP contribution in [0.15, 0.2) is 24.3 Å². The fourth-order valence-corrected chi connectivity index (χ4v) is 4.41. The number of hydrogen-bond donors (Lipinski definition) is 0. The van der Waals surface area contributed by atoms with Gasteiger partial charge in [-0.15, -0.1) is 0 Å². The van der Waals surface area contributed by atoms with E-state index in [9.17, 15) is 4.79 Å². The number of methoxy groups -OCH3 is 2. The number of hydrogen-bond acceptors (Lipinski definition) is 4. The fraction of sp³-hybridized carbons (Fsp3) is 0.667. The first-order chi connectivity index (χ1) is 8.98. The molecule has 0 saturated heterocycles. The van der Waals surface area contributed by atoms with Crippen molar-refractivity contribution in [3.63, 3.8) is 0 Å². The molecule has 1 fully saturated rings. The van der Waals surface area contributed by atoms with Crippen molar-refractivity contribution in [1.29, 1.82) is 0 Å². The van der Waals surface area contributed by atoms with Gasteiger partial charge in [0.25, 0.3) is 0 Å². The van der Waals surface area contributed by atoms with Crippen LogP contribution >= 0.6 is 11.8 Å². The van der Waals surface area contributed by atoms with Gasteiger partial charge in [-0.05, 0) is 25.7 Å². The van der Waals surface area contributed by atoms with E-state index in [1.54, 1.807) is 26.0 Å². The van der Waals surface area contributed by atoms with Crippen LogP contribution in [-0.4, -0.2) is 43.2 Å². The molecule has 3 nitrogen and oxygen atoms in total. The van der Waals surface area contributed by atoms with Crippen molar-refractivity contribution in [2.24, 2.45) is 11.8 Å². The Labute approximate surface area is 119 Å². The molecule has 0 aromatic heterocycles. The molecule has 2 bridgehead atoms. The number of rotatable bonds is 5. The minimum Gasteiger partial charge on any atom is -0.369 e. The monoisotopic (exact) mass is 282 g/mol. The van der Waals surface area contributed by atoms with Gasteiger partial charge >= 0.3 is 0 Å². The highest BCUT2D eigenvalue weighted by atomic mass is 32.2. The molecule has 3 rings (SSSR count). The van der Waals surface area contributed by atoms with Gasteiger partial charge in [-0.25, -0.2) is 0 Å². The van der Waals surface area contributed by atoms with Gasteiger partial charge in [-0.1, -0.05) is 18.2 Å². The standard InChI is InChI=1S/C15H22O3S/c1-10(2)12-8-11-6-7-14(12,17-3)13(16)15(11,18-4)9-19-5/h6-7,11-12H,1,8-9H2,2-5H3/t11-,12+,14+,15-/m0/s1. The number of ether oxygens (including phenoxy) is 2. The van der Waals surface area contributed by atoms with Crippen LogP contribution in [-0.2, 0) is 14.3 Å². The first-order valence-electron chi connectivity index (χ1n) is 6.47. The van der Waals surface area contributed by atoms with E-state index in [1.165, 1.54) is 0 Å². The van der Waals surface area contributed by atoms with Gasteiger partial charge in [0.15, 0.2) is 5.60 Å². The first-order valence-corrected chi connectivity index (χ1v) is 7.86. The highest BCUT2D eigenvalue weighted by Crippen LogP contribution is 2.52. The van der Waals surface area contributed by atoms with Gasteiger partial charge in [0.2, 0.25) is 5.78 Å². The molecule has 4 atom stereocenters. The normalized spacial score (nSPS) is 40.7. The second-order valence-electron chi connectivity index (χ2n) is 5.45. The Kier molecular flexibility index (Phi) is 3.96. The Morgan fingerprint density at radius 3 is 2.68 bits per heavy atom. The maximum absolute atomic E-state index is 13.0. The summed E-state index contributed by atoms with van der Waals surface area (Å²) in [6.45, 7) is 6.00. The highest BCUT2D eigenvalue weighted by Gasteiger charge is 2.64. The zero-order valence-electron chi connectivity index (χ0n) is 12.1. The van der Waals surface area contributed by atoms with Gasteiger partial charge in [-0.3, -0.25) is 4.79 Å². The Bertz CT molecular complexity index is 431. The van der Waals surface area contributed by atoms with Crippen LogP contribution in [0.4, 0.5) is 0 Å². The highest BCUT2D eigenvalue weighted by molar-refractivity contribution is 7.98. The summed E-state index contributed by atoms with van der Waals surface area (Å²) in [5.74, 6) is 0.859. The van der Waals surface area contributed by atoms with Crippen LogP contribution in [0.1, 0.15) is 13.3 Å². The lowest BCUT2D eigenvalue weighted by Crippen LogP contribution is -2.68. The number of ketones is 1. The van der Waals surface area contributed by atoms with Crippen LogP contribution < -0.4 is 0 Å². The SMILES string of the molecule is C=C(C)[C@H]1C[C@@H]2C=C[C@]1(OC)C(=O)[C@@]2(CSC)OC. The second kappa shape index (κ2) is 5.08. The summed E-state index contributed by atoms with van der Waals surface area (Å²) in [7, 11) is 3.23. The first kappa shape index (κ1) is 14.8. The number of carbonyl (C=O) groups excluding carboxylic acids is 1. The van der Waals surface area contributed by atoms with Crippen molar-refractivity contribution in [3.05, 3.63) is 24.3 Å². The zero-order chi connectivity index (χ0) is 14.3. The fourth-order valence-electron chi connectivity index (χ4n) is 3.52. The molecule has 3 aliphatic rings. The zero-order valence-corrected chi connectivity index (χ0v) is 12.9. The van der Waals surface area contributed by atoms with Crippen molar-refractivity contribution >= 4 is 17.5 Å². The molecule has 19 heavy (non-hydrogen) atoms. The minimum absolute atomic E-state index is 0.0464. The molecule has 0 N–H and O–H groups in total. The molecule has 0 aromatic carbocycles. The molecule has 0 amide bonds. The van der Waals surface area contributed by atoms with Gasteiger partial charge in [-0.2, -0.15) is 11.8 Å². The third kappa shape index (κ3) is 1.84. The summed E-state index contributed by atoms with van der Waals surface area (Å²) >= 11 is 1.64. The van der Waals surface area contributed by atoms with Crippen molar-refractivity contribution < 1.29 is 14.3 Å². The minimum atomic E-state index is -0.897. The lowest BCUT2D eigenvalue weighted by molar-refractivity contribution is -0.179. The van der Waals surface area contributed by atoms with Gasteiger partial charge in [0.1, 0.15) is 5.60 Å². The summed E-state index contributed by atoms with van der Waals surface area (Å²) in [4.78, 5) is 13.0. The molecule has 0 radical (unpaired) electrons. The summed E-state index contributed by atoms with van der Waals surface area (Å²) in [5, 5.41) is 0. The van der Waals surface area contributed by atoms with Crippen molar-refractivity contribution in [2.45, 2.75) is 24.5 Å². The summed E-state index contributed by atoms with van der Waals surface area (Å²) in [6.07, 6.45) is 6.86. The van der Waals surface area contributed by atoms with Crippen LogP contribution in [0.3, 0.4) is 0 Å². The van der Waals surface area contributed by atoms with E-state index in [0.717, 1.165) is 12.0 Å². The summed E-state index contributed by atoms with van der Waals surface area (Å²) in [5.41, 5.74) is -0.652. The van der Waals surface area contributed by atoms with Crippen LogP contribution in [0, 0.1) is 11.8 Å². The van der Waals surface area contributed by atoms with Crippen molar-refractivity contribution in [1.82, 2.24) is 0 Å². The maximum Gasteiger partial charge on any atom is 0.202 e. The van der Waals surface area contributed by atoms with E-state index >= 15 is 0 Å². The molecular formula is C15H22O3S. The van der Waals surface area contributed by atoms with E-state index in [4.69, 9.17) is 9.47 Å². The number of Topliss-reactive ketones (excluding diaryl/α,β-unsaturated/α-hetero) is 1. The molecule has 0 heterocycles. The molecule has 3 aliphatic carbocycles. The molecule has 0 unspecified atom stereocenters. The quantitative estimate of drug-likeness (QED) is 0.726. The molecule has 0 spiro atoms. The lowest BCUT2D eigenvalue weighted by atomic mass is 9.57. The topological polar surface area (TPSA) is 35.5 Å². The van der Waals surface area contributed by atoms with E-state index < -0.39 is 11.2 Å². The van der Waals surface area contributed by atoms with Crippen molar-refractivity contribution in [2.75, 3.05) is 26.2 Å². The second-order valence-corrected chi connectivity index (χ2v) is 6.32. The number of fused-ring (bicyclic) bond motifs is 2. The number of thioether (sulfide) groups is 1. The molecule has 0 aliphatic heterocycles. The lowest BCUT2D eigenvalue weighted by Gasteiger charge is -2.54. The summed E-state index contributed by atoms with van der Waals surface area (Å²) < 4.78 is 11.4. The molecule has 1 saturated carbocycles. The third-order valence-corrected chi connectivity index (χ3v) is 5.29. The van der Waals surface area contributed by atoms with E-state index in [-0.39, 0.29) is 17.6 Å². The van der Waals surface area contributed by atoms with Crippen LogP contribution in [0.2, 0.25) is 0 Å². The Morgan fingerprint density at radius 1 is 1.53 bits per heavy atom. The predicted octanol–water partition coefficient (Wildman–Crippen LogP) is 2.47. The van der Waals surface area contributed by atoms with Crippen LogP contribution in [0.5, 0.6) is 0 Å². The third-order valence-electron chi connectivity index (χ3n) is 4.58. The van der Waals surface area contributed by atoms with Crippen molar-refractivity contribution in [3.8, 4) is 0 Å². The van der Waals surface area contributed by atoms with Gasteiger partial charge in [0, 0.05) is 31.8 Å². The predicted molar refractivity (Wildman–Crippen MR) is 78.4 cm³/mol. The average Bonchev–Trinajstić information content (AvgIpc) is 2.42. The van der Waals surface area contributed by atoms with Crippen LogP contribution in [0.25, 0.3) is 0 Å². The Balaban J connectivity index is 2.52. The Hall–Kier alpha value is -0.580. The van der Waals surface area contributed by atoms with Gasteiger partial charge in [0.05, 0.1) is 0 Å². The largest absolute Gasteiger partial charge is 0.369 e. The summed E-state index contributed by atoms with van der Waals surface area (Å²) in [6, 6.07) is 0. The van der Waals surface area contributed by atoms with E-state index in [1.807, 2.05) is 19.3 Å². The van der Waals surface area contributed by atoms with Gasteiger partial charge < -0.3 is 9.47 Å². The molecule has 106 valence electrons.